The van der Waals surface area contributed by atoms with Crippen LogP contribution in [0.4, 0.5) is 0 Å². The lowest BCUT2D eigenvalue weighted by atomic mass is 10.3. The van der Waals surface area contributed by atoms with Gasteiger partial charge in [0.15, 0.2) is 0 Å². The number of rotatable bonds is 4. The fourth-order valence-corrected chi connectivity index (χ4v) is 2.84. The van der Waals surface area contributed by atoms with Gasteiger partial charge in [0.2, 0.25) is 0 Å². The van der Waals surface area contributed by atoms with Crippen molar-refractivity contribution >= 4 is 25.4 Å². The minimum absolute atomic E-state index is 0. The Kier molecular flexibility index (Phi) is 14.2. The van der Waals surface area contributed by atoms with Gasteiger partial charge in [0.25, 0.3) is 0 Å². The van der Waals surface area contributed by atoms with Crippen molar-refractivity contribution in [1.29, 1.82) is 0 Å². The Balaban J connectivity index is 0.000000463. The van der Waals surface area contributed by atoms with E-state index in [2.05, 4.69) is 123 Å². The molecule has 0 radical (unpaired) electrons. The van der Waals surface area contributed by atoms with Crippen LogP contribution in [0.1, 0.15) is 62.8 Å². The molecular formula is C25H48N12. The topological polar surface area (TPSA) is 111 Å². The first-order valence-electron chi connectivity index (χ1n) is 11.9. The van der Waals surface area contributed by atoms with Crippen molar-refractivity contribution in [1.82, 2.24) is 41.6 Å². The summed E-state index contributed by atoms with van der Waals surface area (Å²) in [6.45, 7) is 31.5. The Labute approximate surface area is 223 Å². The van der Waals surface area contributed by atoms with Crippen molar-refractivity contribution in [3.05, 3.63) is 49.6 Å². The van der Waals surface area contributed by atoms with Gasteiger partial charge in [-0.15, -0.1) is 0 Å². The van der Waals surface area contributed by atoms with Gasteiger partial charge in [-0.05, 0) is 55.4 Å². The van der Waals surface area contributed by atoms with Crippen LogP contribution in [0.2, 0.25) is 0 Å². The molecular weight excluding hydrogens is 468 g/mol. The lowest BCUT2D eigenvalue weighted by Gasteiger charge is -2.21. The van der Waals surface area contributed by atoms with Gasteiger partial charge < -0.3 is 4.90 Å². The molecule has 4 heterocycles. The van der Waals surface area contributed by atoms with E-state index in [1.807, 2.05) is 19.9 Å². The van der Waals surface area contributed by atoms with Crippen LogP contribution in [0.3, 0.4) is 0 Å². The molecule has 0 atom stereocenters. The summed E-state index contributed by atoms with van der Waals surface area (Å²) >= 11 is 0. The zero-order chi connectivity index (χ0) is 27.4. The summed E-state index contributed by atoms with van der Waals surface area (Å²) < 4.78 is 0. The van der Waals surface area contributed by atoms with Gasteiger partial charge in [0, 0.05) is 24.2 Å². The second kappa shape index (κ2) is 15.9. The van der Waals surface area contributed by atoms with E-state index in [1.165, 1.54) is 0 Å². The van der Waals surface area contributed by atoms with Crippen LogP contribution in [0.25, 0.3) is 0 Å². The molecule has 0 spiro atoms. The number of hydrazone groups is 1. The molecule has 4 rings (SSSR count). The smallest absolute Gasteiger partial charge is 0.141 e. The monoisotopic (exact) mass is 516 g/mol. The van der Waals surface area contributed by atoms with Crippen LogP contribution in [0.15, 0.2) is 69.7 Å². The zero-order valence-corrected chi connectivity index (χ0v) is 23.0. The first-order chi connectivity index (χ1) is 16.8. The van der Waals surface area contributed by atoms with E-state index in [0.29, 0.717) is 30.0 Å². The van der Waals surface area contributed by atoms with E-state index in [9.17, 15) is 0 Å². The van der Waals surface area contributed by atoms with Gasteiger partial charge in [0.1, 0.15) is 48.6 Å². The Hall–Kier alpha value is -3.96. The minimum Gasteiger partial charge on any atom is -0.314 e. The minimum atomic E-state index is 0. The zero-order valence-electron chi connectivity index (χ0n) is 23.0. The van der Waals surface area contributed by atoms with Crippen molar-refractivity contribution in [3.8, 4) is 0 Å². The predicted molar refractivity (Wildman–Crippen MR) is 158 cm³/mol. The second-order valence-electron chi connectivity index (χ2n) is 9.14. The molecule has 4 aliphatic heterocycles. The molecule has 0 aromatic carbocycles. The Morgan fingerprint density at radius 1 is 0.676 bits per heavy atom. The normalized spacial score (nSPS) is 16.8. The van der Waals surface area contributed by atoms with Gasteiger partial charge >= 0.3 is 0 Å². The standard InChI is InChI=1S/4C6H11N3.CH4/c1-5(2)9-4-7-8-6(9)3;1-5(2)9-4-7-6(3)8-9;2*1-5(2)9-6(3)7-4-8-9;/h2*4-5,8H,3H2,1-2H3;2*4-5H,3H2,1-2H3,(H,7,8);1H4. The lowest BCUT2D eigenvalue weighted by Crippen LogP contribution is -2.36. The second-order valence-corrected chi connectivity index (χ2v) is 9.14. The van der Waals surface area contributed by atoms with Crippen LogP contribution >= 0.6 is 0 Å². The average molecular weight is 517 g/mol. The van der Waals surface area contributed by atoms with Crippen molar-refractivity contribution in [3.63, 3.8) is 0 Å². The highest BCUT2D eigenvalue weighted by Crippen LogP contribution is 2.08. The Morgan fingerprint density at radius 2 is 1.16 bits per heavy atom. The summed E-state index contributed by atoms with van der Waals surface area (Å²) in [5, 5.41) is 9.53. The largest absolute Gasteiger partial charge is 0.314 e. The number of nitrogens with zero attached hydrogens (tertiary/aromatic N) is 8. The van der Waals surface area contributed by atoms with Gasteiger partial charge in [-0.3, -0.25) is 36.7 Å². The maximum Gasteiger partial charge on any atom is 0.141 e. The van der Waals surface area contributed by atoms with E-state index < -0.39 is 0 Å². The molecule has 37 heavy (non-hydrogen) atoms. The predicted octanol–water partition coefficient (Wildman–Crippen LogP) is 3.49. The molecule has 12 nitrogen and oxygen atoms in total. The highest BCUT2D eigenvalue weighted by atomic mass is 15.6. The molecule has 0 saturated carbocycles. The molecule has 4 N–H and O–H groups in total. The van der Waals surface area contributed by atoms with E-state index in [4.69, 9.17) is 0 Å². The third-order valence-electron chi connectivity index (χ3n) is 4.81. The quantitative estimate of drug-likeness (QED) is 0.449. The fraction of sp³-hybridized carbons (Fsp3) is 0.520. The number of nitrogens with one attached hydrogen (secondary N) is 4. The van der Waals surface area contributed by atoms with Crippen LogP contribution < -0.4 is 21.7 Å². The van der Waals surface area contributed by atoms with Crippen LogP contribution in [-0.2, 0) is 0 Å². The van der Waals surface area contributed by atoms with Crippen LogP contribution in [0, 0.1) is 0 Å². The van der Waals surface area contributed by atoms with Crippen molar-refractivity contribution < 1.29 is 0 Å². The van der Waals surface area contributed by atoms with Crippen LogP contribution in [-0.4, -0.2) is 69.4 Å². The fourth-order valence-electron chi connectivity index (χ4n) is 2.84. The van der Waals surface area contributed by atoms with Crippen molar-refractivity contribution in [2.24, 2.45) is 20.1 Å². The molecule has 0 amide bonds. The van der Waals surface area contributed by atoms with E-state index in [1.54, 1.807) is 25.4 Å². The molecule has 0 aromatic rings. The summed E-state index contributed by atoms with van der Waals surface area (Å²) in [4.78, 5) is 13.8. The lowest BCUT2D eigenvalue weighted by molar-refractivity contribution is 0.263. The third-order valence-corrected chi connectivity index (χ3v) is 4.81. The van der Waals surface area contributed by atoms with Gasteiger partial charge in [-0.2, -0.15) is 5.10 Å². The molecule has 208 valence electrons. The number of aliphatic imine (C=N–C) groups is 3. The molecule has 0 unspecified atom stereocenters. The van der Waals surface area contributed by atoms with Crippen molar-refractivity contribution in [2.45, 2.75) is 87.0 Å². The first kappa shape index (κ1) is 33.0. The van der Waals surface area contributed by atoms with Crippen molar-refractivity contribution in [2.75, 3.05) is 0 Å². The number of hydrazine groups is 3. The SMILES string of the molecule is C.C=C1N=CN(C(C)C)N1.C=C1N=CNN1C(C)C.C=C1N=CNN1C(C)C.C=C1NN=CN1C(C)C. The van der Waals surface area contributed by atoms with E-state index >= 15 is 0 Å². The summed E-state index contributed by atoms with van der Waals surface area (Å²) in [7, 11) is 0. The molecule has 0 bridgehead atoms. The van der Waals surface area contributed by atoms with Gasteiger partial charge in [-0.25, -0.2) is 15.0 Å². The highest BCUT2D eigenvalue weighted by Gasteiger charge is 2.14. The maximum absolute atomic E-state index is 3.93. The molecule has 0 aromatic heterocycles. The molecule has 0 aliphatic carbocycles. The maximum atomic E-state index is 3.93. The summed E-state index contributed by atoms with van der Waals surface area (Å²) in [5.41, 5.74) is 11.6. The van der Waals surface area contributed by atoms with Crippen LogP contribution in [0.5, 0.6) is 0 Å². The van der Waals surface area contributed by atoms with Gasteiger partial charge in [0.05, 0.1) is 0 Å². The third kappa shape index (κ3) is 11.1. The van der Waals surface area contributed by atoms with E-state index in [-0.39, 0.29) is 7.43 Å². The van der Waals surface area contributed by atoms with E-state index in [0.717, 1.165) is 17.5 Å². The number of hydrogen-bond donors (Lipinski definition) is 4. The van der Waals surface area contributed by atoms with Gasteiger partial charge in [-0.1, -0.05) is 33.7 Å². The summed E-state index contributed by atoms with van der Waals surface area (Å²) in [6, 6.07) is 1.71. The Bertz CT molecular complexity index is 846. The number of hydrogen-bond acceptors (Lipinski definition) is 12. The molecule has 12 heteroatoms. The molecule has 0 saturated heterocycles. The summed E-state index contributed by atoms with van der Waals surface area (Å²) in [5.74, 6) is 3.13. The molecule has 0 fully saturated rings. The highest BCUT2D eigenvalue weighted by molar-refractivity contribution is 5.60. The first-order valence-corrected chi connectivity index (χ1v) is 11.9. The average Bonchev–Trinajstić information content (AvgIpc) is 3.58. The summed E-state index contributed by atoms with van der Waals surface area (Å²) in [6.07, 6.45) is 6.77. The molecule has 4 aliphatic rings. The Morgan fingerprint density at radius 3 is 1.32 bits per heavy atom.